The van der Waals surface area contributed by atoms with Gasteiger partial charge in [0.1, 0.15) is 12.1 Å². The van der Waals surface area contributed by atoms with Gasteiger partial charge in [0.15, 0.2) is 0 Å². The Labute approximate surface area is 201 Å². The Morgan fingerprint density at radius 2 is 2.14 bits per heavy atom. The molecule has 35 heavy (non-hydrogen) atoms. The summed E-state index contributed by atoms with van der Waals surface area (Å²) in [4.78, 5) is 22.3. The van der Waals surface area contributed by atoms with Gasteiger partial charge in [0.25, 0.3) is 0 Å². The van der Waals surface area contributed by atoms with E-state index >= 15 is 0 Å². The van der Waals surface area contributed by atoms with Crippen LogP contribution in [0.3, 0.4) is 0 Å². The van der Waals surface area contributed by atoms with Crippen LogP contribution >= 0.6 is 11.3 Å². The molecule has 13 heteroatoms. The van der Waals surface area contributed by atoms with Gasteiger partial charge in [-0.1, -0.05) is 6.07 Å². The summed E-state index contributed by atoms with van der Waals surface area (Å²) in [5, 5.41) is 9.17. The van der Waals surface area contributed by atoms with Gasteiger partial charge >= 0.3 is 12.4 Å². The van der Waals surface area contributed by atoms with Crippen LogP contribution in [0.15, 0.2) is 42.3 Å². The first-order valence-corrected chi connectivity index (χ1v) is 11.5. The lowest BCUT2D eigenvalue weighted by atomic mass is 10.1. The maximum Gasteiger partial charge on any atom is 0.522 e. The lowest BCUT2D eigenvalue weighted by Gasteiger charge is -2.18. The number of urea groups is 1. The number of nitrogens with one attached hydrogen (secondary N) is 1. The highest BCUT2D eigenvalue weighted by molar-refractivity contribution is 7.18. The quantitative estimate of drug-likeness (QED) is 0.422. The molecule has 1 fully saturated rings. The number of nitrogen functional groups attached to an aromatic ring is 1. The molecule has 4 heterocycles. The highest BCUT2D eigenvalue weighted by atomic mass is 32.1. The number of carbonyl (C=O) groups excluding carboxylic acids is 1. The van der Waals surface area contributed by atoms with Crippen molar-refractivity contribution in [3.05, 3.63) is 47.9 Å². The number of likely N-dealkylation sites (tertiary alicyclic amines) is 1. The third kappa shape index (κ3) is 4.77. The van der Waals surface area contributed by atoms with E-state index in [1.807, 2.05) is 24.6 Å². The first kappa shape index (κ1) is 23.1. The number of alkyl halides is 3. The van der Waals surface area contributed by atoms with Gasteiger partial charge in [-0.05, 0) is 31.0 Å². The van der Waals surface area contributed by atoms with E-state index in [4.69, 9.17) is 5.73 Å². The molecule has 1 atom stereocenters. The second-order valence-electron chi connectivity index (χ2n) is 8.11. The first-order chi connectivity index (χ1) is 16.7. The standard InChI is InChI=1S/C22H20F3N7O2S/c1-12-2-3-14(30-21(33)31-5-4-15(9-31)34-22(23,24)25)6-17(12)32-8-13(7-29-32)16-10-35-19-18(16)27-11-28-20(19)26/h2-3,6-8,10-11,15H,4-5,9H2,1H3,(H,30,33)(H2,26,27,28). The largest absolute Gasteiger partial charge is 0.522 e. The monoisotopic (exact) mass is 503 g/mol. The molecule has 5 rings (SSSR count). The molecule has 4 aromatic rings. The highest BCUT2D eigenvalue weighted by Gasteiger charge is 2.37. The van der Waals surface area contributed by atoms with Crippen LogP contribution in [0.2, 0.25) is 0 Å². The number of anilines is 2. The Morgan fingerprint density at radius 3 is 2.94 bits per heavy atom. The van der Waals surface area contributed by atoms with Crippen molar-refractivity contribution < 1.29 is 22.7 Å². The number of fused-ring (bicyclic) bond motifs is 1. The van der Waals surface area contributed by atoms with E-state index in [0.29, 0.717) is 11.5 Å². The number of ether oxygens (including phenoxy) is 1. The van der Waals surface area contributed by atoms with Crippen LogP contribution in [0.25, 0.3) is 27.0 Å². The zero-order valence-electron chi connectivity index (χ0n) is 18.4. The van der Waals surface area contributed by atoms with Crippen molar-refractivity contribution in [1.82, 2.24) is 24.6 Å². The molecular weight excluding hydrogens is 483 g/mol. The van der Waals surface area contributed by atoms with Crippen molar-refractivity contribution in [2.24, 2.45) is 0 Å². The van der Waals surface area contributed by atoms with E-state index in [-0.39, 0.29) is 19.5 Å². The summed E-state index contributed by atoms with van der Waals surface area (Å²) in [5.74, 6) is 0.423. The molecule has 9 nitrogen and oxygen atoms in total. The fraction of sp³-hybridized carbons (Fsp3) is 0.273. The van der Waals surface area contributed by atoms with Crippen molar-refractivity contribution in [1.29, 1.82) is 0 Å². The maximum absolute atomic E-state index is 12.6. The number of benzene rings is 1. The van der Waals surface area contributed by atoms with Gasteiger partial charge in [0.05, 0.1) is 28.2 Å². The van der Waals surface area contributed by atoms with E-state index in [9.17, 15) is 18.0 Å². The molecule has 1 aliphatic heterocycles. The molecule has 1 unspecified atom stereocenters. The van der Waals surface area contributed by atoms with Crippen LogP contribution in [-0.2, 0) is 4.74 Å². The Bertz CT molecular complexity index is 1400. The molecule has 2 amide bonds. The smallest absolute Gasteiger partial charge is 0.382 e. The minimum absolute atomic E-state index is 0.121. The molecule has 0 radical (unpaired) electrons. The normalized spacial score (nSPS) is 16.2. The van der Waals surface area contributed by atoms with Gasteiger partial charge in [0, 0.05) is 41.5 Å². The number of halogens is 3. The Kier molecular flexibility index (Phi) is 5.81. The summed E-state index contributed by atoms with van der Waals surface area (Å²) < 4.78 is 43.9. The van der Waals surface area contributed by atoms with Gasteiger partial charge in [-0.15, -0.1) is 24.5 Å². The van der Waals surface area contributed by atoms with Crippen LogP contribution in [0.4, 0.5) is 29.5 Å². The minimum atomic E-state index is -4.72. The lowest BCUT2D eigenvalue weighted by Crippen LogP contribution is -2.35. The van der Waals surface area contributed by atoms with Gasteiger partial charge in [-0.2, -0.15) is 5.10 Å². The Morgan fingerprint density at radius 1 is 1.31 bits per heavy atom. The van der Waals surface area contributed by atoms with Crippen molar-refractivity contribution in [2.75, 3.05) is 24.1 Å². The Balaban J connectivity index is 1.34. The van der Waals surface area contributed by atoms with Gasteiger partial charge in [-0.25, -0.2) is 19.4 Å². The third-order valence-electron chi connectivity index (χ3n) is 5.71. The number of nitrogens with zero attached hydrogens (tertiary/aromatic N) is 5. The lowest BCUT2D eigenvalue weighted by molar-refractivity contribution is -0.340. The molecule has 1 aliphatic rings. The van der Waals surface area contributed by atoms with E-state index in [1.54, 1.807) is 23.0 Å². The number of rotatable bonds is 4. The predicted octanol–water partition coefficient (Wildman–Crippen LogP) is 4.58. The van der Waals surface area contributed by atoms with E-state index in [0.717, 1.165) is 32.6 Å². The van der Waals surface area contributed by atoms with Crippen molar-refractivity contribution >= 4 is 39.1 Å². The summed E-state index contributed by atoms with van der Waals surface area (Å²) in [5.41, 5.74) is 10.6. The molecule has 0 spiro atoms. The third-order valence-corrected chi connectivity index (χ3v) is 6.71. The number of nitrogens with two attached hydrogens (primary N) is 1. The highest BCUT2D eigenvalue weighted by Crippen LogP contribution is 2.35. The van der Waals surface area contributed by atoms with Crippen LogP contribution in [0.5, 0.6) is 0 Å². The zero-order chi connectivity index (χ0) is 24.7. The molecule has 3 aromatic heterocycles. The molecule has 3 N–H and O–H groups in total. The number of hydrogen-bond donors (Lipinski definition) is 2. The average molecular weight is 504 g/mol. The number of aryl methyl sites for hydroxylation is 1. The molecule has 0 aliphatic carbocycles. The van der Waals surface area contributed by atoms with E-state index < -0.39 is 18.5 Å². The van der Waals surface area contributed by atoms with Crippen LogP contribution < -0.4 is 11.1 Å². The molecular formula is C22H20F3N7O2S. The number of thiophene rings is 1. The minimum Gasteiger partial charge on any atom is -0.382 e. The summed E-state index contributed by atoms with van der Waals surface area (Å²) in [7, 11) is 0. The van der Waals surface area contributed by atoms with Crippen LogP contribution in [0.1, 0.15) is 12.0 Å². The predicted molar refractivity (Wildman–Crippen MR) is 125 cm³/mol. The first-order valence-electron chi connectivity index (χ1n) is 10.6. The summed E-state index contributed by atoms with van der Waals surface area (Å²) >= 11 is 1.46. The Hall–Kier alpha value is -3.71. The van der Waals surface area contributed by atoms with Gasteiger partial charge in [-0.3, -0.25) is 4.74 Å². The second kappa shape index (κ2) is 8.82. The van der Waals surface area contributed by atoms with Crippen molar-refractivity contribution in [2.45, 2.75) is 25.8 Å². The fourth-order valence-corrected chi connectivity index (χ4v) is 4.93. The topological polar surface area (TPSA) is 111 Å². The average Bonchev–Trinajstić information content (AvgIpc) is 3.53. The van der Waals surface area contributed by atoms with Crippen molar-refractivity contribution in [3.8, 4) is 16.8 Å². The summed E-state index contributed by atoms with van der Waals surface area (Å²) in [6, 6.07) is 4.83. The van der Waals surface area contributed by atoms with Crippen LogP contribution in [-0.4, -0.2) is 56.2 Å². The van der Waals surface area contributed by atoms with Gasteiger partial charge in [0.2, 0.25) is 0 Å². The maximum atomic E-state index is 12.6. The second-order valence-corrected chi connectivity index (χ2v) is 8.99. The summed E-state index contributed by atoms with van der Waals surface area (Å²) in [6.45, 7) is 1.96. The number of hydrogen-bond acceptors (Lipinski definition) is 7. The zero-order valence-corrected chi connectivity index (χ0v) is 19.2. The SMILES string of the molecule is Cc1ccc(NC(=O)N2CCC(OC(F)(F)F)C2)cc1-n1cc(-c2csc3c(N)ncnc23)cn1. The van der Waals surface area contributed by atoms with Crippen molar-refractivity contribution in [3.63, 3.8) is 0 Å². The fourth-order valence-electron chi connectivity index (χ4n) is 4.00. The van der Waals surface area contributed by atoms with E-state index in [1.165, 1.54) is 22.6 Å². The molecule has 1 aromatic carbocycles. The molecule has 1 saturated heterocycles. The number of aromatic nitrogens is 4. The number of amides is 2. The molecule has 0 bridgehead atoms. The van der Waals surface area contributed by atoms with Crippen LogP contribution in [0, 0.1) is 6.92 Å². The van der Waals surface area contributed by atoms with E-state index in [2.05, 4.69) is 25.1 Å². The molecule has 0 saturated carbocycles. The van der Waals surface area contributed by atoms with Gasteiger partial charge < -0.3 is 16.0 Å². The number of carbonyl (C=O) groups is 1. The summed E-state index contributed by atoms with van der Waals surface area (Å²) in [6.07, 6.45) is -0.670. The molecule has 182 valence electrons.